The summed E-state index contributed by atoms with van der Waals surface area (Å²) in [6.45, 7) is 2.28. The van der Waals surface area contributed by atoms with E-state index in [1.165, 1.54) is 0 Å². The summed E-state index contributed by atoms with van der Waals surface area (Å²) < 4.78 is 1.84. The van der Waals surface area contributed by atoms with E-state index in [0.717, 1.165) is 11.1 Å². The van der Waals surface area contributed by atoms with Crippen molar-refractivity contribution in [3.05, 3.63) is 65.5 Å². The van der Waals surface area contributed by atoms with E-state index in [1.54, 1.807) is 35.2 Å². The van der Waals surface area contributed by atoms with Crippen molar-refractivity contribution in [1.82, 2.24) is 19.4 Å². The molecule has 0 atom stereocenters. The Morgan fingerprint density at radius 3 is 2.67 bits per heavy atom. The number of aromatic nitrogens is 4. The molecule has 0 fully saturated rings. The number of hydrogen-bond acceptors (Lipinski definition) is 8. The Balaban J connectivity index is 1.78. The van der Waals surface area contributed by atoms with E-state index < -0.39 is 13.0 Å². The highest BCUT2D eigenvalue weighted by atomic mass is 16.4. The van der Waals surface area contributed by atoms with Crippen LogP contribution in [0.4, 0.5) is 11.9 Å². The Hall–Kier alpha value is -3.96. The van der Waals surface area contributed by atoms with E-state index in [9.17, 15) is 14.8 Å². The monoisotopic (exact) mass is 445 g/mol. The first-order valence-electron chi connectivity index (χ1n) is 10.3. The molecule has 0 saturated heterocycles. The van der Waals surface area contributed by atoms with E-state index in [-0.39, 0.29) is 0 Å². The minimum atomic E-state index is -1.54. The Kier molecular flexibility index (Phi) is 5.99. The van der Waals surface area contributed by atoms with Gasteiger partial charge in [0.25, 0.3) is 5.91 Å². The number of nitrogens with two attached hydrogens (primary N) is 1. The second-order valence-electron chi connectivity index (χ2n) is 7.88. The van der Waals surface area contributed by atoms with Crippen LogP contribution in [-0.2, 0) is 6.54 Å². The molecule has 3 aromatic heterocycles. The van der Waals surface area contributed by atoms with Crippen molar-refractivity contribution in [3.63, 3.8) is 0 Å². The summed E-state index contributed by atoms with van der Waals surface area (Å²) in [5.41, 5.74) is 9.45. The molecule has 0 aliphatic heterocycles. The number of aryl methyl sites for hydroxylation is 1. The van der Waals surface area contributed by atoms with Crippen LogP contribution in [0.1, 0.15) is 21.5 Å². The van der Waals surface area contributed by atoms with Gasteiger partial charge in [0.15, 0.2) is 5.82 Å². The van der Waals surface area contributed by atoms with E-state index >= 15 is 0 Å². The zero-order chi connectivity index (χ0) is 23.7. The van der Waals surface area contributed by atoms with Gasteiger partial charge in [-0.15, -0.1) is 0 Å². The second-order valence-corrected chi connectivity index (χ2v) is 7.88. The zero-order valence-corrected chi connectivity index (χ0v) is 18.5. The maximum atomic E-state index is 12.1. The topological polar surface area (TPSA) is 142 Å². The van der Waals surface area contributed by atoms with Gasteiger partial charge in [0, 0.05) is 38.6 Å². The lowest BCUT2D eigenvalue weighted by molar-refractivity contribution is 0.100. The van der Waals surface area contributed by atoms with Gasteiger partial charge in [-0.2, -0.15) is 15.0 Å². The molecule has 0 radical (unpaired) electrons. The molecule has 0 saturated carbocycles. The number of nitrogens with zero attached hydrogens (tertiary/aromatic N) is 5. The van der Waals surface area contributed by atoms with Gasteiger partial charge < -0.3 is 30.4 Å². The molecule has 1 aromatic carbocycles. The summed E-state index contributed by atoms with van der Waals surface area (Å²) in [6, 6.07) is 10.4. The third-order valence-electron chi connectivity index (χ3n) is 5.20. The normalized spacial score (nSPS) is 10.9. The number of carbonyl (C=O) groups is 1. The maximum Gasteiger partial charge on any atom is 0.488 e. The van der Waals surface area contributed by atoms with Crippen LogP contribution in [0.15, 0.2) is 48.8 Å². The Morgan fingerprint density at radius 2 is 1.97 bits per heavy atom. The molecule has 4 aromatic rings. The van der Waals surface area contributed by atoms with Crippen molar-refractivity contribution in [2.24, 2.45) is 5.73 Å². The van der Waals surface area contributed by atoms with Crippen molar-refractivity contribution < 1.29 is 14.8 Å². The average Bonchev–Trinajstić information content (AvgIpc) is 3.13. The fourth-order valence-corrected chi connectivity index (χ4v) is 3.64. The van der Waals surface area contributed by atoms with Crippen molar-refractivity contribution in [3.8, 4) is 11.4 Å². The summed E-state index contributed by atoms with van der Waals surface area (Å²) >= 11 is 0. The SMILES string of the molecule is Cc1cn2cccc(C(N)=O)c2c1-c1nc(NCc2cccc(B(O)O)c2)nc(N(C)C)n1. The van der Waals surface area contributed by atoms with Crippen LogP contribution in [0.5, 0.6) is 0 Å². The minimum absolute atomic E-state index is 0.342. The van der Waals surface area contributed by atoms with Crippen molar-refractivity contribution in [2.45, 2.75) is 13.5 Å². The largest absolute Gasteiger partial charge is 0.488 e. The standard InChI is InChI=1S/C22H24BN7O3/c1-13-12-30-9-5-8-16(19(24)31)18(30)17(13)20-26-21(28-22(27-20)29(2)3)25-11-14-6-4-7-15(10-14)23(32)33/h4-10,12,32-33H,11H2,1-3H3,(H2,24,31)(H,25,26,27,28). The minimum Gasteiger partial charge on any atom is -0.423 e. The molecule has 1 amide bonds. The number of fused-ring (bicyclic) bond motifs is 1. The molecule has 0 unspecified atom stereocenters. The van der Waals surface area contributed by atoms with Crippen LogP contribution < -0.4 is 21.4 Å². The van der Waals surface area contributed by atoms with E-state index in [2.05, 4.69) is 20.3 Å². The molecule has 168 valence electrons. The first-order chi connectivity index (χ1) is 15.7. The summed E-state index contributed by atoms with van der Waals surface area (Å²) in [5.74, 6) is 0.655. The number of anilines is 2. The van der Waals surface area contributed by atoms with Crippen molar-refractivity contribution in [1.29, 1.82) is 0 Å². The molecule has 0 aliphatic rings. The number of primary amides is 1. The second kappa shape index (κ2) is 8.89. The fraction of sp³-hybridized carbons (Fsp3) is 0.182. The van der Waals surface area contributed by atoms with E-state index in [0.29, 0.717) is 46.4 Å². The molecule has 0 bridgehead atoms. The Bertz CT molecular complexity index is 1340. The van der Waals surface area contributed by atoms with Gasteiger partial charge in [0.2, 0.25) is 11.9 Å². The molecule has 4 rings (SSSR count). The van der Waals surface area contributed by atoms with Crippen LogP contribution in [0, 0.1) is 6.92 Å². The number of nitrogens with one attached hydrogen (secondary N) is 1. The van der Waals surface area contributed by atoms with Gasteiger partial charge in [-0.25, -0.2) is 0 Å². The number of hydrogen-bond donors (Lipinski definition) is 4. The lowest BCUT2D eigenvalue weighted by Gasteiger charge is -2.14. The number of carbonyl (C=O) groups excluding carboxylic acids is 1. The molecule has 3 heterocycles. The molecular weight excluding hydrogens is 421 g/mol. The molecule has 5 N–H and O–H groups in total. The lowest BCUT2D eigenvalue weighted by Crippen LogP contribution is -2.30. The van der Waals surface area contributed by atoms with Gasteiger partial charge >= 0.3 is 7.12 Å². The first-order valence-corrected chi connectivity index (χ1v) is 10.3. The predicted octanol–water partition coefficient (Wildman–Crippen LogP) is 0.557. The summed E-state index contributed by atoms with van der Waals surface area (Å²) in [4.78, 5) is 27.6. The Morgan fingerprint density at radius 1 is 1.18 bits per heavy atom. The third-order valence-corrected chi connectivity index (χ3v) is 5.20. The van der Waals surface area contributed by atoms with E-state index in [1.807, 2.05) is 43.9 Å². The highest BCUT2D eigenvalue weighted by Gasteiger charge is 2.20. The van der Waals surface area contributed by atoms with Gasteiger partial charge in [0.1, 0.15) is 0 Å². The predicted molar refractivity (Wildman–Crippen MR) is 127 cm³/mol. The summed E-state index contributed by atoms with van der Waals surface area (Å²) in [7, 11) is 2.11. The van der Waals surface area contributed by atoms with Crippen molar-refractivity contribution in [2.75, 3.05) is 24.3 Å². The molecule has 11 heteroatoms. The fourth-order valence-electron chi connectivity index (χ4n) is 3.64. The van der Waals surface area contributed by atoms with Crippen LogP contribution in [0.3, 0.4) is 0 Å². The average molecular weight is 445 g/mol. The molecule has 10 nitrogen and oxygen atoms in total. The summed E-state index contributed by atoms with van der Waals surface area (Å²) in [5, 5.41) is 22.0. The van der Waals surface area contributed by atoms with Gasteiger partial charge in [-0.05, 0) is 35.6 Å². The highest BCUT2D eigenvalue weighted by molar-refractivity contribution is 6.58. The van der Waals surface area contributed by atoms with Gasteiger partial charge in [0.05, 0.1) is 11.1 Å². The quantitative estimate of drug-likeness (QED) is 0.302. The van der Waals surface area contributed by atoms with Crippen LogP contribution in [0.25, 0.3) is 16.9 Å². The summed E-state index contributed by atoms with van der Waals surface area (Å²) in [6.07, 6.45) is 3.74. The molecule has 0 spiro atoms. The first kappa shape index (κ1) is 22.2. The lowest BCUT2D eigenvalue weighted by atomic mass is 9.80. The number of rotatable bonds is 7. The molecular formula is C22H24BN7O3. The Labute approximate surface area is 190 Å². The zero-order valence-electron chi connectivity index (χ0n) is 18.5. The third kappa shape index (κ3) is 4.50. The maximum absolute atomic E-state index is 12.1. The smallest absolute Gasteiger partial charge is 0.423 e. The van der Waals surface area contributed by atoms with Crippen LogP contribution in [0.2, 0.25) is 0 Å². The molecule has 33 heavy (non-hydrogen) atoms. The van der Waals surface area contributed by atoms with Gasteiger partial charge in [-0.3, -0.25) is 4.79 Å². The number of benzene rings is 1. The van der Waals surface area contributed by atoms with Crippen LogP contribution in [-0.4, -0.2) is 56.5 Å². The number of pyridine rings is 1. The molecule has 0 aliphatic carbocycles. The van der Waals surface area contributed by atoms with E-state index in [4.69, 9.17) is 5.73 Å². The van der Waals surface area contributed by atoms with Gasteiger partial charge in [-0.1, -0.05) is 24.3 Å². The number of amides is 1. The van der Waals surface area contributed by atoms with Crippen molar-refractivity contribution >= 4 is 35.9 Å². The van der Waals surface area contributed by atoms with Crippen LogP contribution >= 0.6 is 0 Å². The highest BCUT2D eigenvalue weighted by Crippen LogP contribution is 2.31.